The van der Waals surface area contributed by atoms with Crippen LogP contribution in [0.25, 0.3) is 0 Å². The van der Waals surface area contributed by atoms with Crippen LogP contribution in [-0.2, 0) is 4.79 Å². The summed E-state index contributed by atoms with van der Waals surface area (Å²) in [6, 6.07) is 4.37. The molecule has 1 atom stereocenters. The quantitative estimate of drug-likeness (QED) is 0.725. The number of piperidine rings is 1. The van der Waals surface area contributed by atoms with Gasteiger partial charge in [-0.3, -0.25) is 9.78 Å². The van der Waals surface area contributed by atoms with Crippen molar-refractivity contribution < 1.29 is 4.79 Å². The first-order valence-electron chi connectivity index (χ1n) is 5.88. The molecule has 1 aliphatic heterocycles. The fourth-order valence-corrected chi connectivity index (χ4v) is 2.43. The van der Waals surface area contributed by atoms with E-state index in [1.165, 1.54) is 12.0 Å². The van der Waals surface area contributed by atoms with Gasteiger partial charge in [0.2, 0.25) is 5.91 Å². The van der Waals surface area contributed by atoms with Crippen molar-refractivity contribution >= 4 is 5.91 Å². The van der Waals surface area contributed by atoms with E-state index in [-0.39, 0.29) is 11.9 Å². The fraction of sp³-hybridized carbons (Fsp3) is 0.538. The maximum absolute atomic E-state index is 11.6. The number of aryl methyl sites for hydroxylation is 1. The number of likely N-dealkylation sites (tertiary alicyclic amines) is 1. The summed E-state index contributed by atoms with van der Waals surface area (Å²) in [7, 11) is 0. The molecule has 1 fully saturated rings. The lowest BCUT2D eigenvalue weighted by Gasteiger charge is -2.35. The third-order valence-electron chi connectivity index (χ3n) is 3.21. The Morgan fingerprint density at radius 1 is 1.50 bits per heavy atom. The van der Waals surface area contributed by atoms with Gasteiger partial charge in [-0.15, -0.1) is 0 Å². The van der Waals surface area contributed by atoms with Crippen molar-refractivity contribution in [2.45, 2.75) is 39.2 Å². The minimum absolute atomic E-state index is 0.180. The van der Waals surface area contributed by atoms with Crippen LogP contribution in [0.5, 0.6) is 0 Å². The molecule has 0 spiro atoms. The highest BCUT2D eigenvalue weighted by molar-refractivity contribution is 5.74. The highest BCUT2D eigenvalue weighted by Crippen LogP contribution is 2.30. The van der Waals surface area contributed by atoms with Gasteiger partial charge in [0, 0.05) is 25.4 Å². The summed E-state index contributed by atoms with van der Waals surface area (Å²) in [5.41, 5.74) is 2.24. The number of nitrogens with zero attached hydrogens (tertiary/aromatic N) is 2. The molecule has 0 aromatic carbocycles. The number of hydrogen-bond donors (Lipinski definition) is 0. The summed E-state index contributed by atoms with van der Waals surface area (Å²) in [4.78, 5) is 17.8. The molecule has 1 aliphatic rings. The van der Waals surface area contributed by atoms with Gasteiger partial charge >= 0.3 is 0 Å². The number of amides is 1. The SMILES string of the molecule is CC(=O)N1CCCC[C@H]1c1ccnc(C)c1. The normalized spacial score (nSPS) is 20.9. The second kappa shape index (κ2) is 4.64. The predicted molar refractivity (Wildman–Crippen MR) is 63.0 cm³/mol. The van der Waals surface area contributed by atoms with E-state index in [0.717, 1.165) is 25.1 Å². The molecular formula is C13H18N2O. The van der Waals surface area contributed by atoms with Crippen LogP contribution < -0.4 is 0 Å². The molecule has 1 saturated heterocycles. The van der Waals surface area contributed by atoms with E-state index < -0.39 is 0 Å². The minimum Gasteiger partial charge on any atom is -0.336 e. The maximum atomic E-state index is 11.6. The van der Waals surface area contributed by atoms with Crippen molar-refractivity contribution in [1.29, 1.82) is 0 Å². The Hall–Kier alpha value is -1.38. The molecule has 2 rings (SSSR count). The number of aromatic nitrogens is 1. The summed E-state index contributed by atoms with van der Waals surface area (Å²) in [5.74, 6) is 0.180. The highest BCUT2D eigenvalue weighted by Gasteiger charge is 2.25. The molecule has 16 heavy (non-hydrogen) atoms. The number of carbonyl (C=O) groups excluding carboxylic acids is 1. The molecule has 0 bridgehead atoms. The Morgan fingerprint density at radius 2 is 2.31 bits per heavy atom. The molecule has 3 nitrogen and oxygen atoms in total. The van der Waals surface area contributed by atoms with Gasteiger partial charge < -0.3 is 4.90 Å². The smallest absolute Gasteiger partial charge is 0.219 e. The zero-order valence-electron chi connectivity index (χ0n) is 9.94. The van der Waals surface area contributed by atoms with Crippen molar-refractivity contribution in [3.05, 3.63) is 29.6 Å². The first-order valence-corrected chi connectivity index (χ1v) is 5.88. The van der Waals surface area contributed by atoms with E-state index >= 15 is 0 Å². The van der Waals surface area contributed by atoms with Crippen LogP contribution in [0.2, 0.25) is 0 Å². The number of rotatable bonds is 1. The topological polar surface area (TPSA) is 33.2 Å². The van der Waals surface area contributed by atoms with Gasteiger partial charge in [0.05, 0.1) is 6.04 Å². The Morgan fingerprint density at radius 3 is 3.00 bits per heavy atom. The lowest BCUT2D eigenvalue weighted by atomic mass is 9.95. The van der Waals surface area contributed by atoms with Gasteiger partial charge in [0.25, 0.3) is 0 Å². The second-order valence-electron chi connectivity index (χ2n) is 4.45. The van der Waals surface area contributed by atoms with Crippen LogP contribution in [0.3, 0.4) is 0 Å². The van der Waals surface area contributed by atoms with Crippen LogP contribution in [0, 0.1) is 6.92 Å². The Bertz CT molecular complexity index is 389. The third kappa shape index (κ3) is 2.23. The molecular weight excluding hydrogens is 200 g/mol. The zero-order valence-corrected chi connectivity index (χ0v) is 9.94. The van der Waals surface area contributed by atoms with Crippen LogP contribution in [0.4, 0.5) is 0 Å². The molecule has 86 valence electrons. The van der Waals surface area contributed by atoms with Crippen molar-refractivity contribution in [1.82, 2.24) is 9.88 Å². The van der Waals surface area contributed by atoms with Crippen LogP contribution in [0.1, 0.15) is 43.5 Å². The molecule has 0 unspecified atom stereocenters. The van der Waals surface area contributed by atoms with Crippen molar-refractivity contribution in [3.8, 4) is 0 Å². The average molecular weight is 218 g/mol. The number of pyridine rings is 1. The third-order valence-corrected chi connectivity index (χ3v) is 3.21. The van der Waals surface area contributed by atoms with Gasteiger partial charge in [0.1, 0.15) is 0 Å². The molecule has 0 aliphatic carbocycles. The van der Waals surface area contributed by atoms with Crippen LogP contribution in [0.15, 0.2) is 18.3 Å². The minimum atomic E-state index is 0.180. The first kappa shape index (κ1) is 11.1. The van der Waals surface area contributed by atoms with E-state index in [1.807, 2.05) is 24.1 Å². The fourth-order valence-electron chi connectivity index (χ4n) is 2.43. The monoisotopic (exact) mass is 218 g/mol. The summed E-state index contributed by atoms with van der Waals surface area (Å²) < 4.78 is 0. The molecule has 0 saturated carbocycles. The first-order chi connectivity index (χ1) is 7.68. The van der Waals surface area contributed by atoms with Crippen LogP contribution in [-0.4, -0.2) is 22.3 Å². The standard InChI is InChI=1S/C13H18N2O/c1-10-9-12(6-7-14-10)13-5-3-4-8-15(13)11(2)16/h6-7,9,13H,3-5,8H2,1-2H3/t13-/m0/s1. The van der Waals surface area contributed by atoms with E-state index in [2.05, 4.69) is 11.1 Å². The average Bonchev–Trinajstić information content (AvgIpc) is 2.29. The second-order valence-corrected chi connectivity index (χ2v) is 4.45. The summed E-state index contributed by atoms with van der Waals surface area (Å²) in [6.45, 7) is 4.54. The Balaban J connectivity index is 2.26. The molecule has 0 radical (unpaired) electrons. The summed E-state index contributed by atoms with van der Waals surface area (Å²) in [6.07, 6.45) is 5.23. The summed E-state index contributed by atoms with van der Waals surface area (Å²) >= 11 is 0. The van der Waals surface area contributed by atoms with Crippen LogP contribution >= 0.6 is 0 Å². The van der Waals surface area contributed by atoms with Crippen molar-refractivity contribution in [2.24, 2.45) is 0 Å². The number of hydrogen-bond acceptors (Lipinski definition) is 2. The predicted octanol–water partition coefficient (Wildman–Crippen LogP) is 2.46. The molecule has 1 amide bonds. The van der Waals surface area contributed by atoms with Gasteiger partial charge in [-0.2, -0.15) is 0 Å². The lowest BCUT2D eigenvalue weighted by molar-refractivity contribution is -0.132. The van der Waals surface area contributed by atoms with Gasteiger partial charge in [-0.25, -0.2) is 0 Å². The van der Waals surface area contributed by atoms with Gasteiger partial charge in [0.15, 0.2) is 0 Å². The highest BCUT2D eigenvalue weighted by atomic mass is 16.2. The lowest BCUT2D eigenvalue weighted by Crippen LogP contribution is -2.36. The molecule has 0 N–H and O–H groups in total. The molecule has 1 aromatic rings. The molecule has 1 aromatic heterocycles. The zero-order chi connectivity index (χ0) is 11.5. The maximum Gasteiger partial charge on any atom is 0.219 e. The molecule has 2 heterocycles. The van der Waals surface area contributed by atoms with E-state index in [1.54, 1.807) is 6.92 Å². The van der Waals surface area contributed by atoms with Gasteiger partial charge in [-0.05, 0) is 43.9 Å². The van der Waals surface area contributed by atoms with E-state index in [0.29, 0.717) is 0 Å². The Labute approximate surface area is 96.5 Å². The summed E-state index contributed by atoms with van der Waals surface area (Å²) in [5, 5.41) is 0. The molecule has 3 heteroatoms. The van der Waals surface area contributed by atoms with E-state index in [9.17, 15) is 4.79 Å². The van der Waals surface area contributed by atoms with Crippen molar-refractivity contribution in [2.75, 3.05) is 6.54 Å². The van der Waals surface area contributed by atoms with E-state index in [4.69, 9.17) is 0 Å². The largest absolute Gasteiger partial charge is 0.336 e. The van der Waals surface area contributed by atoms with Crippen molar-refractivity contribution in [3.63, 3.8) is 0 Å². The van der Waals surface area contributed by atoms with Gasteiger partial charge in [-0.1, -0.05) is 0 Å². The Kier molecular flexibility index (Phi) is 3.22. The number of carbonyl (C=O) groups is 1.